The molecule has 1 aromatic heterocycles. The number of nitro groups is 1. The molecule has 0 bridgehead atoms. The number of halogens is 4. The van der Waals surface area contributed by atoms with Crippen molar-refractivity contribution in [3.8, 4) is 5.69 Å². The van der Waals surface area contributed by atoms with Gasteiger partial charge in [-0.2, -0.15) is 18.3 Å². The lowest BCUT2D eigenvalue weighted by Gasteiger charge is -2.10. The molecule has 0 aliphatic carbocycles. The van der Waals surface area contributed by atoms with Crippen molar-refractivity contribution in [3.63, 3.8) is 0 Å². The second kappa shape index (κ2) is 5.14. The van der Waals surface area contributed by atoms with Crippen molar-refractivity contribution in [1.82, 2.24) is 9.78 Å². The smallest absolute Gasteiger partial charge is 0.258 e. The Morgan fingerprint density at radius 2 is 1.95 bits per heavy atom. The molecule has 9 heteroatoms. The maximum Gasteiger partial charge on any atom is 0.423 e. The summed E-state index contributed by atoms with van der Waals surface area (Å²) in [5, 5.41) is 14.8. The summed E-state index contributed by atoms with van der Waals surface area (Å²) in [6.45, 7) is 3.38. The fourth-order valence-electron chi connectivity index (χ4n) is 1.92. The Kier molecular flexibility index (Phi) is 3.79. The van der Waals surface area contributed by atoms with Crippen molar-refractivity contribution in [3.05, 3.63) is 49.7 Å². The van der Waals surface area contributed by atoms with E-state index in [4.69, 9.17) is 0 Å². The van der Waals surface area contributed by atoms with E-state index in [-0.39, 0.29) is 5.69 Å². The van der Waals surface area contributed by atoms with Crippen molar-refractivity contribution >= 4 is 21.6 Å². The van der Waals surface area contributed by atoms with Gasteiger partial charge in [0.2, 0.25) is 0 Å². The lowest BCUT2D eigenvalue weighted by Crippen LogP contribution is -2.11. The molecule has 1 aromatic carbocycles. The number of alkyl halides is 3. The number of benzene rings is 1. The fraction of sp³-hybridized carbons (Fsp3) is 0.250. The number of hydrogen-bond acceptors (Lipinski definition) is 3. The topological polar surface area (TPSA) is 61.0 Å². The maximum absolute atomic E-state index is 12.9. The second-order valence-corrected chi connectivity index (χ2v) is 5.15. The van der Waals surface area contributed by atoms with Gasteiger partial charge in [-0.05, 0) is 41.9 Å². The van der Waals surface area contributed by atoms with Gasteiger partial charge in [-0.1, -0.05) is 0 Å². The molecule has 0 aliphatic rings. The second-order valence-electron chi connectivity index (χ2n) is 4.35. The van der Waals surface area contributed by atoms with Gasteiger partial charge in [-0.15, -0.1) is 0 Å². The van der Waals surface area contributed by atoms with Crippen molar-refractivity contribution in [2.45, 2.75) is 20.0 Å². The van der Waals surface area contributed by atoms with Gasteiger partial charge in [0.25, 0.3) is 5.69 Å². The molecule has 0 amide bonds. The number of aromatic nitrogens is 2. The van der Waals surface area contributed by atoms with Crippen LogP contribution < -0.4 is 0 Å². The van der Waals surface area contributed by atoms with Crippen molar-refractivity contribution in [2.24, 2.45) is 0 Å². The van der Waals surface area contributed by atoms with Crippen LogP contribution in [0, 0.1) is 24.0 Å². The van der Waals surface area contributed by atoms with Crippen LogP contribution in [0.3, 0.4) is 0 Å². The molecular weight excluding hydrogens is 355 g/mol. The van der Waals surface area contributed by atoms with Crippen LogP contribution >= 0.6 is 15.9 Å². The zero-order valence-electron chi connectivity index (χ0n) is 10.9. The lowest BCUT2D eigenvalue weighted by molar-refractivity contribution is -0.388. The third-order valence-electron chi connectivity index (χ3n) is 2.93. The molecule has 0 unspecified atom stereocenters. The molecule has 112 valence electrons. The van der Waals surface area contributed by atoms with E-state index in [0.717, 1.165) is 12.1 Å². The summed E-state index contributed by atoms with van der Waals surface area (Å²) in [4.78, 5) is 9.67. The quantitative estimate of drug-likeness (QED) is 0.593. The van der Waals surface area contributed by atoms with E-state index in [1.165, 1.54) is 10.7 Å². The Balaban J connectivity index is 2.67. The van der Waals surface area contributed by atoms with Gasteiger partial charge in [-0.25, -0.2) is 4.68 Å². The fourth-order valence-corrected chi connectivity index (χ4v) is 2.16. The van der Waals surface area contributed by atoms with E-state index in [1.807, 2.05) is 0 Å². The summed E-state index contributed by atoms with van der Waals surface area (Å²) >= 11 is 3.28. The molecule has 0 N–H and O–H groups in total. The minimum Gasteiger partial charge on any atom is -0.258 e. The first kappa shape index (κ1) is 15.5. The predicted molar refractivity (Wildman–Crippen MR) is 72.4 cm³/mol. The molecule has 5 nitrogen and oxygen atoms in total. The maximum atomic E-state index is 12.9. The molecule has 0 radical (unpaired) electrons. The largest absolute Gasteiger partial charge is 0.423 e. The first-order valence-corrected chi connectivity index (χ1v) is 6.50. The van der Waals surface area contributed by atoms with E-state index in [0.29, 0.717) is 15.9 Å². The average Bonchev–Trinajstić information content (AvgIpc) is 2.65. The van der Waals surface area contributed by atoms with E-state index in [9.17, 15) is 23.3 Å². The van der Waals surface area contributed by atoms with E-state index in [2.05, 4.69) is 21.0 Å². The number of nitro benzene ring substituents is 1. The molecule has 2 rings (SSSR count). The first-order valence-electron chi connectivity index (χ1n) is 5.70. The third-order valence-corrected chi connectivity index (χ3v) is 4.08. The van der Waals surface area contributed by atoms with Crippen molar-refractivity contribution in [1.29, 1.82) is 0 Å². The van der Waals surface area contributed by atoms with Crippen LogP contribution in [0.25, 0.3) is 5.69 Å². The minimum absolute atomic E-state index is 0.110. The zero-order chi connectivity index (χ0) is 15.9. The summed E-state index contributed by atoms with van der Waals surface area (Å²) in [6.07, 6.45) is -4.81. The molecular formula is C12H9BrF3N3O2. The normalized spacial score (nSPS) is 11.7. The van der Waals surface area contributed by atoms with Crippen LogP contribution in [-0.2, 0) is 6.18 Å². The summed E-state index contributed by atoms with van der Waals surface area (Å²) in [5.41, 5.74) is -0.950. The van der Waals surface area contributed by atoms with Gasteiger partial charge in [0, 0.05) is 6.07 Å². The number of rotatable bonds is 2. The Morgan fingerprint density at radius 1 is 1.33 bits per heavy atom. The SMILES string of the molecule is Cc1nn(-c2ccc([N+](=O)[O-])c(C(F)(F)F)c2)c(C)c1Br. The van der Waals surface area contributed by atoms with Crippen molar-refractivity contribution < 1.29 is 18.1 Å². The highest BCUT2D eigenvalue weighted by Gasteiger charge is 2.38. The molecule has 0 fully saturated rings. The van der Waals surface area contributed by atoms with Gasteiger partial charge in [-0.3, -0.25) is 10.1 Å². The number of nitrogens with zero attached hydrogens (tertiary/aromatic N) is 3. The molecule has 1 heterocycles. The van der Waals surface area contributed by atoms with E-state index < -0.39 is 22.4 Å². The highest BCUT2D eigenvalue weighted by Crippen LogP contribution is 2.37. The Morgan fingerprint density at radius 3 is 2.38 bits per heavy atom. The molecule has 0 atom stereocenters. The molecule has 21 heavy (non-hydrogen) atoms. The number of hydrogen-bond donors (Lipinski definition) is 0. The van der Waals surface area contributed by atoms with E-state index >= 15 is 0 Å². The van der Waals surface area contributed by atoms with Crippen LogP contribution in [0.2, 0.25) is 0 Å². The van der Waals surface area contributed by atoms with Gasteiger partial charge < -0.3 is 0 Å². The summed E-state index contributed by atoms with van der Waals surface area (Å²) in [7, 11) is 0. The Labute approximate surface area is 125 Å². The molecule has 0 spiro atoms. The average molecular weight is 364 g/mol. The minimum atomic E-state index is -4.81. The van der Waals surface area contributed by atoms with Gasteiger partial charge in [0.05, 0.1) is 26.5 Å². The van der Waals surface area contributed by atoms with Crippen molar-refractivity contribution in [2.75, 3.05) is 0 Å². The van der Waals surface area contributed by atoms with Crippen LogP contribution in [0.15, 0.2) is 22.7 Å². The van der Waals surface area contributed by atoms with Crippen LogP contribution in [0.4, 0.5) is 18.9 Å². The molecule has 0 aliphatic heterocycles. The molecule has 0 saturated carbocycles. The van der Waals surface area contributed by atoms with Gasteiger partial charge in [0.1, 0.15) is 5.56 Å². The lowest BCUT2D eigenvalue weighted by atomic mass is 10.1. The third kappa shape index (κ3) is 2.78. The zero-order valence-corrected chi connectivity index (χ0v) is 12.5. The Bertz CT molecular complexity index is 725. The first-order chi connectivity index (χ1) is 9.62. The summed E-state index contributed by atoms with van der Waals surface area (Å²) in [5.74, 6) is 0. The predicted octanol–water partition coefficient (Wildman–Crippen LogP) is 4.18. The molecule has 0 saturated heterocycles. The van der Waals surface area contributed by atoms with Gasteiger partial charge >= 0.3 is 6.18 Å². The summed E-state index contributed by atoms with van der Waals surface area (Å²) < 4.78 is 40.8. The highest BCUT2D eigenvalue weighted by molar-refractivity contribution is 9.10. The monoisotopic (exact) mass is 363 g/mol. The van der Waals surface area contributed by atoms with Crippen LogP contribution in [0.1, 0.15) is 17.0 Å². The van der Waals surface area contributed by atoms with Crippen LogP contribution in [-0.4, -0.2) is 14.7 Å². The Hall–Kier alpha value is -1.90. The standard InChI is InChI=1S/C12H9BrF3N3O2/c1-6-11(13)7(2)18(17-6)8-3-4-10(19(20)21)9(5-8)12(14,15)16/h3-5H,1-2H3. The van der Waals surface area contributed by atoms with Crippen LogP contribution in [0.5, 0.6) is 0 Å². The molecule has 2 aromatic rings. The highest BCUT2D eigenvalue weighted by atomic mass is 79.9. The summed E-state index contributed by atoms with van der Waals surface area (Å²) in [6, 6.07) is 2.80. The van der Waals surface area contributed by atoms with E-state index in [1.54, 1.807) is 13.8 Å². The number of aryl methyl sites for hydroxylation is 1. The van der Waals surface area contributed by atoms with Gasteiger partial charge in [0.15, 0.2) is 0 Å².